The number of aryl methyl sites for hydroxylation is 1. The van der Waals surface area contributed by atoms with E-state index in [0.717, 1.165) is 16.3 Å². The van der Waals surface area contributed by atoms with Gasteiger partial charge in [-0.3, -0.25) is 0 Å². The molecule has 0 atom stereocenters. The lowest BCUT2D eigenvalue weighted by Gasteiger charge is -2.07. The number of hydrogen-bond donors (Lipinski definition) is 0. The molecule has 0 fully saturated rings. The number of aromatic nitrogens is 2. The number of hydrogen-bond acceptors (Lipinski definition) is 2. The van der Waals surface area contributed by atoms with Crippen LogP contribution in [0.3, 0.4) is 0 Å². The van der Waals surface area contributed by atoms with Crippen LogP contribution in [0.5, 0.6) is 0 Å². The molecule has 1 aromatic heterocycles. The Hall–Kier alpha value is -2.00. The average Bonchev–Trinajstić information content (AvgIpc) is 2.43. The Labute approximate surface area is 114 Å². The highest BCUT2D eigenvalue weighted by Crippen LogP contribution is 2.31. The number of fused-ring (bicyclic) bond motifs is 1. The second kappa shape index (κ2) is 4.59. The number of nitrogens with zero attached hydrogens (tertiary/aromatic N) is 2. The largest absolute Gasteiger partial charge is 0.206 e. The standard InChI is InChI=1S/C15H10ClFN2/c1-9-6-7-13(17)12(8-9)14-10-4-2-3-5-11(10)15(16)19-18-14/h2-8H,1H3. The van der Waals surface area contributed by atoms with Gasteiger partial charge in [0.25, 0.3) is 0 Å². The first-order valence-corrected chi connectivity index (χ1v) is 6.22. The number of benzene rings is 2. The summed E-state index contributed by atoms with van der Waals surface area (Å²) in [5.74, 6) is -0.313. The van der Waals surface area contributed by atoms with Crippen molar-refractivity contribution in [1.29, 1.82) is 0 Å². The zero-order valence-corrected chi connectivity index (χ0v) is 10.9. The first-order valence-electron chi connectivity index (χ1n) is 5.84. The Kier molecular flexibility index (Phi) is 2.91. The van der Waals surface area contributed by atoms with Gasteiger partial charge in [-0.2, -0.15) is 0 Å². The van der Waals surface area contributed by atoms with E-state index in [9.17, 15) is 4.39 Å². The van der Waals surface area contributed by atoms with Crippen LogP contribution in [0, 0.1) is 12.7 Å². The van der Waals surface area contributed by atoms with E-state index < -0.39 is 0 Å². The molecule has 0 aliphatic heterocycles. The molecule has 0 amide bonds. The molecule has 19 heavy (non-hydrogen) atoms. The van der Waals surface area contributed by atoms with Gasteiger partial charge in [0.05, 0.1) is 0 Å². The van der Waals surface area contributed by atoms with Crippen LogP contribution < -0.4 is 0 Å². The monoisotopic (exact) mass is 272 g/mol. The second-order valence-corrected chi connectivity index (χ2v) is 4.73. The van der Waals surface area contributed by atoms with Crippen molar-refractivity contribution in [1.82, 2.24) is 10.2 Å². The van der Waals surface area contributed by atoms with Crippen molar-refractivity contribution < 1.29 is 4.39 Å². The minimum absolute atomic E-state index is 0.313. The summed E-state index contributed by atoms with van der Waals surface area (Å²) in [5, 5.41) is 9.86. The molecule has 0 aliphatic carbocycles. The maximum Gasteiger partial charge on any atom is 0.159 e. The molecule has 0 aliphatic rings. The van der Waals surface area contributed by atoms with Crippen LogP contribution in [0.1, 0.15) is 5.56 Å². The van der Waals surface area contributed by atoms with Gasteiger partial charge in [0.2, 0.25) is 0 Å². The van der Waals surface area contributed by atoms with E-state index in [1.807, 2.05) is 31.2 Å². The van der Waals surface area contributed by atoms with Crippen molar-refractivity contribution in [3.63, 3.8) is 0 Å². The molecule has 0 N–H and O–H groups in total. The fraction of sp³-hybridized carbons (Fsp3) is 0.0667. The summed E-state index contributed by atoms with van der Waals surface area (Å²) in [4.78, 5) is 0. The fourth-order valence-electron chi connectivity index (χ4n) is 2.09. The minimum Gasteiger partial charge on any atom is -0.206 e. The third kappa shape index (κ3) is 2.06. The Morgan fingerprint density at radius 2 is 1.74 bits per heavy atom. The van der Waals surface area contributed by atoms with Gasteiger partial charge < -0.3 is 0 Å². The third-order valence-electron chi connectivity index (χ3n) is 3.02. The van der Waals surface area contributed by atoms with Gasteiger partial charge in [-0.1, -0.05) is 47.5 Å². The van der Waals surface area contributed by atoms with E-state index in [2.05, 4.69) is 10.2 Å². The highest BCUT2D eigenvalue weighted by Gasteiger charge is 2.13. The van der Waals surface area contributed by atoms with E-state index in [0.29, 0.717) is 16.4 Å². The molecule has 3 rings (SSSR count). The lowest BCUT2D eigenvalue weighted by Crippen LogP contribution is -1.94. The van der Waals surface area contributed by atoms with Crippen LogP contribution in [0.15, 0.2) is 42.5 Å². The Morgan fingerprint density at radius 1 is 1.00 bits per heavy atom. The zero-order chi connectivity index (χ0) is 13.4. The third-order valence-corrected chi connectivity index (χ3v) is 3.30. The van der Waals surface area contributed by atoms with Gasteiger partial charge in [-0.25, -0.2) is 4.39 Å². The number of rotatable bonds is 1. The summed E-state index contributed by atoms with van der Waals surface area (Å²) >= 11 is 6.02. The molecule has 0 saturated carbocycles. The molecule has 0 radical (unpaired) electrons. The van der Waals surface area contributed by atoms with Crippen LogP contribution in [0.4, 0.5) is 4.39 Å². The van der Waals surface area contributed by atoms with E-state index in [1.54, 1.807) is 12.1 Å². The van der Waals surface area contributed by atoms with Crippen LogP contribution in [0.25, 0.3) is 22.0 Å². The molecule has 94 valence electrons. The summed E-state index contributed by atoms with van der Waals surface area (Å²) < 4.78 is 14.0. The van der Waals surface area contributed by atoms with Gasteiger partial charge in [-0.15, -0.1) is 10.2 Å². The molecule has 0 unspecified atom stereocenters. The van der Waals surface area contributed by atoms with E-state index in [4.69, 9.17) is 11.6 Å². The first-order chi connectivity index (χ1) is 9.16. The lowest BCUT2D eigenvalue weighted by molar-refractivity contribution is 0.630. The summed E-state index contributed by atoms with van der Waals surface area (Å²) in [6, 6.07) is 12.4. The summed E-state index contributed by atoms with van der Waals surface area (Å²) in [7, 11) is 0. The molecular formula is C15H10ClFN2. The van der Waals surface area contributed by atoms with Gasteiger partial charge in [0.15, 0.2) is 5.15 Å². The fourth-order valence-corrected chi connectivity index (χ4v) is 2.29. The maximum atomic E-state index is 14.0. The van der Waals surface area contributed by atoms with E-state index in [-0.39, 0.29) is 5.82 Å². The van der Waals surface area contributed by atoms with Crippen LogP contribution in [-0.4, -0.2) is 10.2 Å². The van der Waals surface area contributed by atoms with Gasteiger partial charge in [0, 0.05) is 16.3 Å². The maximum absolute atomic E-state index is 14.0. The van der Waals surface area contributed by atoms with Crippen LogP contribution >= 0.6 is 11.6 Å². The SMILES string of the molecule is Cc1ccc(F)c(-c2nnc(Cl)c3ccccc23)c1. The Morgan fingerprint density at radius 3 is 2.53 bits per heavy atom. The predicted octanol–water partition coefficient (Wildman–Crippen LogP) is 4.40. The zero-order valence-electron chi connectivity index (χ0n) is 10.2. The molecule has 0 bridgehead atoms. The molecule has 0 saturated heterocycles. The summed E-state index contributed by atoms with van der Waals surface area (Å²) in [5.41, 5.74) is 1.93. The van der Waals surface area contributed by atoms with Gasteiger partial charge in [-0.05, 0) is 19.1 Å². The van der Waals surface area contributed by atoms with Crippen molar-refractivity contribution in [2.75, 3.05) is 0 Å². The van der Waals surface area contributed by atoms with Crippen molar-refractivity contribution >= 4 is 22.4 Å². The average molecular weight is 273 g/mol. The molecule has 0 spiro atoms. The highest BCUT2D eigenvalue weighted by atomic mass is 35.5. The molecule has 3 aromatic rings. The smallest absolute Gasteiger partial charge is 0.159 e. The summed E-state index contributed by atoms with van der Waals surface area (Å²) in [6.07, 6.45) is 0. The molecule has 2 aromatic carbocycles. The van der Waals surface area contributed by atoms with E-state index >= 15 is 0 Å². The molecule has 2 nitrogen and oxygen atoms in total. The summed E-state index contributed by atoms with van der Waals surface area (Å²) in [6.45, 7) is 1.91. The van der Waals surface area contributed by atoms with Crippen LogP contribution in [-0.2, 0) is 0 Å². The van der Waals surface area contributed by atoms with Crippen molar-refractivity contribution in [3.05, 3.63) is 59.0 Å². The molecule has 1 heterocycles. The quantitative estimate of drug-likeness (QED) is 0.656. The van der Waals surface area contributed by atoms with Gasteiger partial charge in [0.1, 0.15) is 11.5 Å². The van der Waals surface area contributed by atoms with Gasteiger partial charge >= 0.3 is 0 Å². The predicted molar refractivity (Wildman–Crippen MR) is 74.7 cm³/mol. The Bertz CT molecular complexity index is 771. The topological polar surface area (TPSA) is 25.8 Å². The molecular weight excluding hydrogens is 263 g/mol. The van der Waals surface area contributed by atoms with E-state index in [1.165, 1.54) is 6.07 Å². The van der Waals surface area contributed by atoms with Crippen molar-refractivity contribution in [2.24, 2.45) is 0 Å². The van der Waals surface area contributed by atoms with Crippen molar-refractivity contribution in [3.8, 4) is 11.3 Å². The normalized spacial score (nSPS) is 10.9. The second-order valence-electron chi connectivity index (χ2n) is 4.37. The number of halogens is 2. The van der Waals surface area contributed by atoms with Crippen molar-refractivity contribution in [2.45, 2.75) is 6.92 Å². The Balaban J connectivity index is 2.37. The first kappa shape index (κ1) is 12.1. The van der Waals surface area contributed by atoms with Crippen LogP contribution in [0.2, 0.25) is 5.15 Å². The minimum atomic E-state index is -0.313. The molecule has 4 heteroatoms. The highest BCUT2D eigenvalue weighted by molar-refractivity contribution is 6.34. The lowest BCUT2D eigenvalue weighted by atomic mass is 10.0.